The van der Waals surface area contributed by atoms with Crippen molar-refractivity contribution >= 4 is 22.0 Å². The summed E-state index contributed by atoms with van der Waals surface area (Å²) in [6.45, 7) is 2.19. The first-order chi connectivity index (χ1) is 7.46. The second kappa shape index (κ2) is 8.26. The first kappa shape index (κ1) is 16.1. The van der Waals surface area contributed by atoms with Crippen LogP contribution in [0.1, 0.15) is 6.92 Å². The lowest BCUT2D eigenvalue weighted by Crippen LogP contribution is -2.47. The van der Waals surface area contributed by atoms with Crippen LogP contribution in [0.5, 0.6) is 0 Å². The van der Waals surface area contributed by atoms with E-state index in [0.29, 0.717) is 6.61 Å². The van der Waals surface area contributed by atoms with Crippen molar-refractivity contribution in [2.24, 2.45) is 0 Å². The highest BCUT2D eigenvalue weighted by atomic mass is 32.2. The van der Waals surface area contributed by atoms with Crippen LogP contribution in [0, 0.1) is 0 Å². The number of hydrogen-bond acceptors (Lipinski definition) is 5. The lowest BCUT2D eigenvalue weighted by Gasteiger charge is -2.21. The van der Waals surface area contributed by atoms with Crippen molar-refractivity contribution in [1.29, 1.82) is 0 Å². The molecule has 8 heteroatoms. The minimum Gasteiger partial charge on any atom is -0.395 e. The van der Waals surface area contributed by atoms with Gasteiger partial charge in [0.2, 0.25) is 0 Å². The number of methoxy groups -OCH3 is 1. The van der Waals surface area contributed by atoms with Gasteiger partial charge in [-0.15, -0.1) is 0 Å². The molecule has 0 radical (unpaired) electrons. The van der Waals surface area contributed by atoms with Crippen molar-refractivity contribution < 1.29 is 18.3 Å². The lowest BCUT2D eigenvalue weighted by molar-refractivity contribution is 0.204. The highest BCUT2D eigenvalue weighted by molar-refractivity contribution is 7.99. The molecule has 2 atom stereocenters. The van der Waals surface area contributed by atoms with Crippen molar-refractivity contribution in [3.05, 3.63) is 0 Å². The molecule has 0 amide bonds. The van der Waals surface area contributed by atoms with E-state index < -0.39 is 10.2 Å². The van der Waals surface area contributed by atoms with Gasteiger partial charge < -0.3 is 9.84 Å². The molecule has 98 valence electrons. The summed E-state index contributed by atoms with van der Waals surface area (Å²) in [5.74, 6) is 0. The molecule has 0 aromatic carbocycles. The van der Waals surface area contributed by atoms with Crippen molar-refractivity contribution in [1.82, 2.24) is 9.44 Å². The molecule has 2 unspecified atom stereocenters. The fourth-order valence-electron chi connectivity index (χ4n) is 1.08. The van der Waals surface area contributed by atoms with Crippen LogP contribution in [-0.2, 0) is 14.9 Å². The standard InChI is InChI=1S/C8H20N2O4S2/c1-7(8(6-11)15-3)10-16(12,13)9-4-5-14-2/h7-11H,4-6H2,1-3H3. The molecule has 0 spiro atoms. The molecular formula is C8H20N2O4S2. The number of aliphatic hydroxyl groups excluding tert-OH is 1. The smallest absolute Gasteiger partial charge is 0.277 e. The first-order valence-electron chi connectivity index (χ1n) is 4.86. The molecule has 16 heavy (non-hydrogen) atoms. The highest BCUT2D eigenvalue weighted by Crippen LogP contribution is 2.10. The van der Waals surface area contributed by atoms with E-state index in [-0.39, 0.29) is 24.4 Å². The first-order valence-corrected chi connectivity index (χ1v) is 7.63. The Kier molecular flexibility index (Phi) is 8.34. The summed E-state index contributed by atoms with van der Waals surface area (Å²) < 4.78 is 32.5. The Morgan fingerprint density at radius 2 is 2.12 bits per heavy atom. The zero-order chi connectivity index (χ0) is 12.6. The van der Waals surface area contributed by atoms with E-state index in [9.17, 15) is 8.42 Å². The van der Waals surface area contributed by atoms with Gasteiger partial charge in [0.15, 0.2) is 0 Å². The number of ether oxygens (including phenoxy) is 1. The third kappa shape index (κ3) is 6.66. The topological polar surface area (TPSA) is 87.7 Å². The molecule has 0 aromatic heterocycles. The third-order valence-electron chi connectivity index (χ3n) is 1.98. The fourth-order valence-corrected chi connectivity index (χ4v) is 2.88. The minimum atomic E-state index is -3.52. The average molecular weight is 272 g/mol. The van der Waals surface area contributed by atoms with E-state index in [0.717, 1.165) is 0 Å². The van der Waals surface area contributed by atoms with Crippen LogP contribution in [0.2, 0.25) is 0 Å². The van der Waals surface area contributed by atoms with Gasteiger partial charge in [-0.2, -0.15) is 29.6 Å². The predicted octanol–water partition coefficient (Wildman–Crippen LogP) is -0.831. The molecule has 0 saturated carbocycles. The second-order valence-corrected chi connectivity index (χ2v) is 5.86. The van der Waals surface area contributed by atoms with Crippen molar-refractivity contribution in [2.45, 2.75) is 18.2 Å². The van der Waals surface area contributed by atoms with Gasteiger partial charge in [-0.1, -0.05) is 0 Å². The summed E-state index contributed by atoms with van der Waals surface area (Å²) in [7, 11) is -2.02. The maximum atomic E-state index is 11.5. The third-order valence-corrected chi connectivity index (χ3v) is 4.41. The van der Waals surface area contributed by atoms with Crippen LogP contribution in [-0.4, -0.2) is 57.9 Å². The maximum Gasteiger partial charge on any atom is 0.277 e. The Balaban J connectivity index is 4.14. The summed E-state index contributed by atoms with van der Waals surface area (Å²) in [6, 6.07) is -0.333. The highest BCUT2D eigenvalue weighted by Gasteiger charge is 2.20. The molecule has 0 rings (SSSR count). The van der Waals surface area contributed by atoms with Gasteiger partial charge in [-0.05, 0) is 13.2 Å². The van der Waals surface area contributed by atoms with Gasteiger partial charge in [0.1, 0.15) is 0 Å². The summed E-state index contributed by atoms with van der Waals surface area (Å²) in [5, 5.41) is 8.86. The Morgan fingerprint density at radius 1 is 1.50 bits per heavy atom. The van der Waals surface area contributed by atoms with E-state index in [1.807, 2.05) is 6.26 Å². The van der Waals surface area contributed by atoms with Crippen molar-refractivity contribution in [2.75, 3.05) is 33.1 Å². The molecule has 0 saturated heterocycles. The maximum absolute atomic E-state index is 11.5. The van der Waals surface area contributed by atoms with Gasteiger partial charge in [0, 0.05) is 24.9 Å². The number of rotatable bonds is 9. The summed E-state index contributed by atoms with van der Waals surface area (Å²) in [6.07, 6.45) is 1.82. The SMILES string of the molecule is COCCNS(=O)(=O)NC(C)C(CO)SC. The number of thioether (sulfide) groups is 1. The molecule has 0 aliphatic rings. The monoisotopic (exact) mass is 272 g/mol. The van der Waals surface area contributed by atoms with Gasteiger partial charge in [-0.3, -0.25) is 0 Å². The van der Waals surface area contributed by atoms with Crippen LogP contribution in [0.4, 0.5) is 0 Å². The van der Waals surface area contributed by atoms with E-state index >= 15 is 0 Å². The van der Waals surface area contributed by atoms with Crippen LogP contribution in [0.15, 0.2) is 0 Å². The van der Waals surface area contributed by atoms with Gasteiger partial charge in [0.25, 0.3) is 10.2 Å². The van der Waals surface area contributed by atoms with E-state index in [1.54, 1.807) is 6.92 Å². The van der Waals surface area contributed by atoms with E-state index in [1.165, 1.54) is 18.9 Å². The van der Waals surface area contributed by atoms with Gasteiger partial charge in [-0.25, -0.2) is 0 Å². The molecule has 0 heterocycles. The van der Waals surface area contributed by atoms with Crippen molar-refractivity contribution in [3.8, 4) is 0 Å². The summed E-state index contributed by atoms with van der Waals surface area (Å²) in [5.41, 5.74) is 0. The number of hydrogen-bond donors (Lipinski definition) is 3. The Morgan fingerprint density at radius 3 is 2.56 bits per heavy atom. The lowest BCUT2D eigenvalue weighted by atomic mass is 10.3. The molecule has 0 bridgehead atoms. The normalized spacial score (nSPS) is 16.0. The summed E-state index contributed by atoms with van der Waals surface area (Å²) >= 11 is 1.42. The Labute approximate surface area is 101 Å². The minimum absolute atomic E-state index is 0.0665. The molecule has 0 aliphatic heterocycles. The van der Waals surface area contributed by atoms with Gasteiger partial charge in [0.05, 0.1) is 13.2 Å². The Hall–Kier alpha value is 0.140. The largest absolute Gasteiger partial charge is 0.395 e. The fraction of sp³-hybridized carbons (Fsp3) is 1.00. The van der Waals surface area contributed by atoms with Crippen LogP contribution >= 0.6 is 11.8 Å². The number of nitrogens with one attached hydrogen (secondary N) is 2. The zero-order valence-corrected chi connectivity index (χ0v) is 11.4. The average Bonchev–Trinajstić information content (AvgIpc) is 2.18. The van der Waals surface area contributed by atoms with E-state index in [4.69, 9.17) is 9.84 Å². The Bertz CT molecular complexity index is 267. The van der Waals surface area contributed by atoms with Crippen molar-refractivity contribution in [3.63, 3.8) is 0 Å². The molecule has 0 aromatic rings. The van der Waals surface area contributed by atoms with Crippen LogP contribution in [0.25, 0.3) is 0 Å². The predicted molar refractivity (Wildman–Crippen MR) is 65.8 cm³/mol. The van der Waals surface area contributed by atoms with E-state index in [2.05, 4.69) is 9.44 Å². The molecule has 0 fully saturated rings. The molecule has 3 N–H and O–H groups in total. The van der Waals surface area contributed by atoms with Crippen LogP contribution < -0.4 is 9.44 Å². The van der Waals surface area contributed by atoms with Crippen LogP contribution in [0.3, 0.4) is 0 Å². The van der Waals surface area contributed by atoms with Gasteiger partial charge >= 0.3 is 0 Å². The quantitative estimate of drug-likeness (QED) is 0.477. The zero-order valence-electron chi connectivity index (χ0n) is 9.76. The molecular weight excluding hydrogens is 252 g/mol. The molecule has 0 aliphatic carbocycles. The second-order valence-electron chi connectivity index (χ2n) is 3.25. The number of aliphatic hydroxyl groups is 1. The molecule has 6 nitrogen and oxygen atoms in total. The summed E-state index contributed by atoms with van der Waals surface area (Å²) in [4.78, 5) is 0.